The molecule has 0 amide bonds. The van der Waals surface area contributed by atoms with E-state index in [1.165, 1.54) is 0 Å². The van der Waals surface area contributed by atoms with E-state index in [0.29, 0.717) is 12.8 Å². The van der Waals surface area contributed by atoms with Gasteiger partial charge in [-0.2, -0.15) is 0 Å². The molecule has 0 aromatic heterocycles. The predicted octanol–water partition coefficient (Wildman–Crippen LogP) is 1.15. The van der Waals surface area contributed by atoms with Crippen LogP contribution in [-0.4, -0.2) is 18.7 Å². The number of ether oxygens (including phenoxy) is 1. The van der Waals surface area contributed by atoms with E-state index in [2.05, 4.69) is 0 Å². The lowest BCUT2D eigenvalue weighted by atomic mass is 10.3. The Hall–Kier alpha value is -0.570. The number of carbonyl (C=O) groups is 1. The smallest absolute Gasteiger partial charge is 0.305 e. The third kappa shape index (κ3) is 4.32. The molecule has 0 rings (SSSR count). The summed E-state index contributed by atoms with van der Waals surface area (Å²) in [7, 11) is 0. The van der Waals surface area contributed by atoms with Gasteiger partial charge in [-0.15, -0.1) is 0 Å². The zero-order valence-electron chi connectivity index (χ0n) is 6.42. The predicted molar refractivity (Wildman–Crippen MR) is 36.0 cm³/mol. The molecule has 1 atom stereocenters. The maximum absolute atomic E-state index is 10.6. The van der Waals surface area contributed by atoms with Gasteiger partial charge in [0.2, 0.25) is 0 Å². The lowest BCUT2D eigenvalue weighted by Crippen LogP contribution is -2.14. The fourth-order valence-electron chi connectivity index (χ4n) is 0.533. The summed E-state index contributed by atoms with van der Waals surface area (Å²) < 4.78 is 4.80. The molecule has 0 N–H and O–H groups in total. The monoisotopic (exact) mass is 145 g/mol. The molecule has 3 heteroatoms. The molecule has 3 nitrogen and oxygen atoms in total. The Morgan fingerprint density at radius 2 is 2.20 bits per heavy atom. The molecule has 0 saturated carbocycles. The topological polar surface area (TPSA) is 46.2 Å². The van der Waals surface area contributed by atoms with E-state index in [1.54, 1.807) is 13.8 Å². The van der Waals surface area contributed by atoms with E-state index in [1.807, 2.05) is 0 Å². The number of carbonyl (C=O) groups excluding carboxylic acids is 1. The van der Waals surface area contributed by atoms with Crippen LogP contribution in [0.15, 0.2) is 0 Å². The Morgan fingerprint density at radius 3 is 2.60 bits per heavy atom. The van der Waals surface area contributed by atoms with Gasteiger partial charge in [0.25, 0.3) is 0 Å². The molecule has 0 aliphatic heterocycles. The zero-order valence-corrected chi connectivity index (χ0v) is 6.42. The van der Waals surface area contributed by atoms with Crippen LogP contribution in [0.25, 0.3) is 0 Å². The Bertz CT molecular complexity index is 101. The Balaban J connectivity index is 3.37. The van der Waals surface area contributed by atoms with Crippen molar-refractivity contribution in [2.75, 3.05) is 6.61 Å². The minimum Gasteiger partial charge on any atom is -0.463 e. The largest absolute Gasteiger partial charge is 0.463 e. The highest BCUT2D eigenvalue weighted by Crippen LogP contribution is 1.97. The molecule has 1 unspecified atom stereocenters. The van der Waals surface area contributed by atoms with Crippen molar-refractivity contribution in [1.29, 1.82) is 0 Å². The number of rotatable bonds is 4. The summed E-state index contributed by atoms with van der Waals surface area (Å²) in [5, 5.41) is 10.0. The van der Waals surface area contributed by atoms with E-state index >= 15 is 0 Å². The van der Waals surface area contributed by atoms with Gasteiger partial charge in [-0.3, -0.25) is 4.79 Å². The van der Waals surface area contributed by atoms with Crippen molar-refractivity contribution in [3.8, 4) is 0 Å². The summed E-state index contributed by atoms with van der Waals surface area (Å²) in [4.78, 5) is 10.6. The average Bonchev–Trinajstić information content (AvgIpc) is 1.88. The SMILES string of the molecule is CCC(=O)OC(C)CC[O]. The maximum atomic E-state index is 10.6. The van der Waals surface area contributed by atoms with Crippen molar-refractivity contribution >= 4 is 5.97 Å². The summed E-state index contributed by atoms with van der Waals surface area (Å²) in [6, 6.07) is 0. The first-order chi connectivity index (χ1) is 4.70. The van der Waals surface area contributed by atoms with Crippen LogP contribution in [0.1, 0.15) is 26.7 Å². The molecule has 0 heterocycles. The molecular formula is C7H13O3. The molecule has 0 spiro atoms. The molecule has 0 aromatic rings. The first-order valence-corrected chi connectivity index (χ1v) is 3.48. The summed E-state index contributed by atoms with van der Waals surface area (Å²) in [5.74, 6) is -0.235. The molecule has 0 saturated heterocycles. The van der Waals surface area contributed by atoms with E-state index in [9.17, 15) is 9.90 Å². The van der Waals surface area contributed by atoms with E-state index < -0.39 is 0 Å². The minimum atomic E-state index is -0.235. The van der Waals surface area contributed by atoms with Crippen molar-refractivity contribution in [1.82, 2.24) is 0 Å². The van der Waals surface area contributed by atoms with Gasteiger partial charge >= 0.3 is 5.97 Å². The fourth-order valence-corrected chi connectivity index (χ4v) is 0.533. The molecule has 0 fully saturated rings. The van der Waals surface area contributed by atoms with Crippen LogP contribution in [0.5, 0.6) is 0 Å². The maximum Gasteiger partial charge on any atom is 0.305 e. The molecule has 10 heavy (non-hydrogen) atoms. The molecule has 0 bridgehead atoms. The molecule has 0 aliphatic rings. The summed E-state index contributed by atoms with van der Waals surface area (Å²) in [6.45, 7) is 3.27. The number of esters is 1. The lowest BCUT2D eigenvalue weighted by molar-refractivity contribution is -0.148. The highest BCUT2D eigenvalue weighted by molar-refractivity contribution is 5.69. The van der Waals surface area contributed by atoms with Gasteiger partial charge in [-0.1, -0.05) is 6.92 Å². The van der Waals surface area contributed by atoms with E-state index in [0.717, 1.165) is 0 Å². The minimum absolute atomic E-state index is 0.182. The fraction of sp³-hybridized carbons (Fsp3) is 0.857. The molecule has 0 aliphatic carbocycles. The summed E-state index contributed by atoms with van der Waals surface area (Å²) >= 11 is 0. The van der Waals surface area contributed by atoms with Crippen LogP contribution in [0.2, 0.25) is 0 Å². The van der Waals surface area contributed by atoms with Crippen molar-refractivity contribution in [3.05, 3.63) is 0 Å². The third-order valence-electron chi connectivity index (χ3n) is 1.15. The molecule has 0 aromatic carbocycles. The second kappa shape index (κ2) is 5.23. The molecule has 1 radical (unpaired) electrons. The quantitative estimate of drug-likeness (QED) is 0.557. The molecule has 59 valence electrons. The highest BCUT2D eigenvalue weighted by atomic mass is 16.5. The first kappa shape index (κ1) is 9.43. The first-order valence-electron chi connectivity index (χ1n) is 3.48. The van der Waals surface area contributed by atoms with E-state index in [4.69, 9.17) is 4.74 Å². The van der Waals surface area contributed by atoms with Gasteiger partial charge in [0.05, 0.1) is 6.61 Å². The van der Waals surface area contributed by atoms with Crippen molar-refractivity contribution in [2.24, 2.45) is 0 Å². The Kier molecular flexibility index (Phi) is 4.94. The Morgan fingerprint density at radius 1 is 1.60 bits per heavy atom. The standard InChI is InChI=1S/C7H13O3/c1-3-7(9)10-6(2)4-5-8/h6H,3-5H2,1-2H3. The van der Waals surface area contributed by atoms with Gasteiger partial charge in [-0.05, 0) is 6.92 Å². The van der Waals surface area contributed by atoms with Crippen LogP contribution in [-0.2, 0) is 14.6 Å². The Labute approximate surface area is 61.0 Å². The van der Waals surface area contributed by atoms with Gasteiger partial charge in [0.15, 0.2) is 0 Å². The highest BCUT2D eigenvalue weighted by Gasteiger charge is 2.05. The second-order valence-corrected chi connectivity index (χ2v) is 2.15. The van der Waals surface area contributed by atoms with Crippen LogP contribution in [0.4, 0.5) is 0 Å². The normalized spacial score (nSPS) is 12.7. The van der Waals surface area contributed by atoms with Crippen molar-refractivity contribution < 1.29 is 14.6 Å². The van der Waals surface area contributed by atoms with Crippen LogP contribution < -0.4 is 0 Å². The number of hydrogen-bond donors (Lipinski definition) is 0. The van der Waals surface area contributed by atoms with Crippen LogP contribution in [0.3, 0.4) is 0 Å². The molecular weight excluding hydrogens is 132 g/mol. The van der Waals surface area contributed by atoms with Crippen molar-refractivity contribution in [2.45, 2.75) is 32.8 Å². The summed E-state index contributed by atoms with van der Waals surface area (Å²) in [5.41, 5.74) is 0. The van der Waals surface area contributed by atoms with Crippen molar-refractivity contribution in [3.63, 3.8) is 0 Å². The number of hydrogen-bond acceptors (Lipinski definition) is 2. The van der Waals surface area contributed by atoms with Crippen LogP contribution in [0, 0.1) is 0 Å². The van der Waals surface area contributed by atoms with Gasteiger partial charge < -0.3 is 4.74 Å². The van der Waals surface area contributed by atoms with Gasteiger partial charge in [0.1, 0.15) is 6.10 Å². The second-order valence-electron chi connectivity index (χ2n) is 2.15. The zero-order chi connectivity index (χ0) is 7.98. The third-order valence-corrected chi connectivity index (χ3v) is 1.15. The van der Waals surface area contributed by atoms with Gasteiger partial charge in [0, 0.05) is 12.8 Å². The van der Waals surface area contributed by atoms with E-state index in [-0.39, 0.29) is 18.7 Å². The average molecular weight is 145 g/mol. The lowest BCUT2D eigenvalue weighted by Gasteiger charge is -2.09. The van der Waals surface area contributed by atoms with Gasteiger partial charge in [-0.25, -0.2) is 5.11 Å². The summed E-state index contributed by atoms with van der Waals surface area (Å²) in [6.07, 6.45) is 0.569. The van der Waals surface area contributed by atoms with Crippen LogP contribution >= 0.6 is 0 Å².